The Bertz CT molecular complexity index is 843. The third kappa shape index (κ3) is 4.28. The van der Waals surface area contributed by atoms with E-state index in [0.29, 0.717) is 19.0 Å². The van der Waals surface area contributed by atoms with Gasteiger partial charge in [0.25, 0.3) is 5.69 Å². The normalized spacial score (nSPS) is 16.5. The summed E-state index contributed by atoms with van der Waals surface area (Å²) in [5.74, 6) is 0.526. The van der Waals surface area contributed by atoms with Crippen LogP contribution in [0, 0.1) is 16.0 Å². The Morgan fingerprint density at radius 2 is 1.62 bits per heavy atom. The number of nitro benzene ring substituents is 1. The van der Waals surface area contributed by atoms with Crippen LogP contribution in [0.2, 0.25) is 0 Å². The maximum absolute atomic E-state index is 12.7. The second-order valence-corrected chi connectivity index (χ2v) is 8.56. The van der Waals surface area contributed by atoms with E-state index < -0.39 is 14.9 Å². The lowest BCUT2D eigenvalue weighted by atomic mass is 9.91. The van der Waals surface area contributed by atoms with Crippen molar-refractivity contribution in [2.75, 3.05) is 13.1 Å². The van der Waals surface area contributed by atoms with E-state index in [2.05, 4.69) is 12.1 Å². The van der Waals surface area contributed by atoms with Crippen molar-refractivity contribution in [3.05, 3.63) is 70.3 Å². The topological polar surface area (TPSA) is 80.5 Å². The molecule has 3 rings (SSSR count). The number of benzene rings is 2. The van der Waals surface area contributed by atoms with Crippen LogP contribution in [0.5, 0.6) is 0 Å². The third-order valence-corrected chi connectivity index (χ3v) is 6.86. The number of nitrogens with zero attached hydrogens (tertiary/aromatic N) is 2. The SMILES string of the molecule is O=[N+]([O-])c1ccc(S(=O)(=O)N2CCC(CCc3ccccc3)CC2)cc1. The molecule has 0 spiro atoms. The maximum atomic E-state index is 12.7. The molecule has 2 aromatic carbocycles. The average molecular weight is 374 g/mol. The second-order valence-electron chi connectivity index (χ2n) is 6.62. The molecule has 0 saturated carbocycles. The monoisotopic (exact) mass is 374 g/mol. The quantitative estimate of drug-likeness (QED) is 0.571. The molecule has 2 aromatic rings. The lowest BCUT2D eigenvalue weighted by Gasteiger charge is -2.31. The van der Waals surface area contributed by atoms with E-state index in [-0.39, 0.29) is 10.6 Å². The van der Waals surface area contributed by atoms with Gasteiger partial charge in [-0.25, -0.2) is 8.42 Å². The minimum Gasteiger partial charge on any atom is -0.258 e. The van der Waals surface area contributed by atoms with Crippen molar-refractivity contribution in [3.63, 3.8) is 0 Å². The summed E-state index contributed by atoms with van der Waals surface area (Å²) in [7, 11) is -3.58. The van der Waals surface area contributed by atoms with Crippen LogP contribution in [0.4, 0.5) is 5.69 Å². The lowest BCUT2D eigenvalue weighted by molar-refractivity contribution is -0.384. The zero-order valence-corrected chi connectivity index (χ0v) is 15.3. The number of hydrogen-bond acceptors (Lipinski definition) is 4. The van der Waals surface area contributed by atoms with Crippen LogP contribution in [0.1, 0.15) is 24.8 Å². The van der Waals surface area contributed by atoms with Gasteiger partial charge in [0, 0.05) is 25.2 Å². The number of aryl methyl sites for hydroxylation is 1. The minimum atomic E-state index is -3.58. The van der Waals surface area contributed by atoms with E-state index in [4.69, 9.17) is 0 Å². The standard InChI is InChI=1S/C19H22N2O4S/c22-21(23)18-8-10-19(11-9-18)26(24,25)20-14-12-17(13-15-20)7-6-16-4-2-1-3-5-16/h1-5,8-11,17H,6-7,12-15H2. The highest BCUT2D eigenvalue weighted by atomic mass is 32.2. The van der Waals surface area contributed by atoms with Gasteiger partial charge in [-0.05, 0) is 49.3 Å². The molecule has 6 nitrogen and oxygen atoms in total. The van der Waals surface area contributed by atoms with Crippen LogP contribution in [-0.4, -0.2) is 30.7 Å². The van der Waals surface area contributed by atoms with Crippen molar-refractivity contribution in [3.8, 4) is 0 Å². The molecule has 1 aliphatic rings. The number of piperidine rings is 1. The van der Waals surface area contributed by atoms with Gasteiger partial charge in [-0.15, -0.1) is 0 Å². The molecule has 1 fully saturated rings. The predicted molar refractivity (Wildman–Crippen MR) is 99.3 cm³/mol. The van der Waals surface area contributed by atoms with E-state index in [1.54, 1.807) is 0 Å². The van der Waals surface area contributed by atoms with Crippen molar-refractivity contribution in [1.82, 2.24) is 4.31 Å². The third-order valence-electron chi connectivity index (χ3n) is 4.94. The van der Waals surface area contributed by atoms with Gasteiger partial charge < -0.3 is 0 Å². The Kier molecular flexibility index (Phi) is 5.68. The van der Waals surface area contributed by atoms with E-state index in [1.165, 1.54) is 34.1 Å². The van der Waals surface area contributed by atoms with Crippen molar-refractivity contribution >= 4 is 15.7 Å². The molecule has 0 bridgehead atoms. The Hall–Kier alpha value is -2.25. The summed E-state index contributed by atoms with van der Waals surface area (Å²) in [6, 6.07) is 15.4. The molecule has 7 heteroatoms. The molecule has 1 aliphatic heterocycles. The highest BCUT2D eigenvalue weighted by Crippen LogP contribution is 2.27. The smallest absolute Gasteiger partial charge is 0.258 e. The summed E-state index contributed by atoms with van der Waals surface area (Å²) in [6.07, 6.45) is 3.77. The minimum absolute atomic E-state index is 0.108. The lowest BCUT2D eigenvalue weighted by Crippen LogP contribution is -2.38. The molecule has 0 unspecified atom stereocenters. The zero-order valence-electron chi connectivity index (χ0n) is 14.5. The Balaban J connectivity index is 1.57. The van der Waals surface area contributed by atoms with E-state index in [0.717, 1.165) is 25.7 Å². The Labute approximate surface area is 153 Å². The van der Waals surface area contributed by atoms with Crippen LogP contribution in [0.15, 0.2) is 59.5 Å². The summed E-state index contributed by atoms with van der Waals surface area (Å²) >= 11 is 0. The summed E-state index contributed by atoms with van der Waals surface area (Å²) in [6.45, 7) is 0.998. The molecule has 0 atom stereocenters. The molecule has 0 aliphatic carbocycles. The molecular formula is C19H22N2O4S. The van der Waals surface area contributed by atoms with Crippen LogP contribution in [0.3, 0.4) is 0 Å². The van der Waals surface area contributed by atoms with Gasteiger partial charge in [-0.2, -0.15) is 4.31 Å². The Morgan fingerprint density at radius 3 is 2.19 bits per heavy atom. The van der Waals surface area contributed by atoms with Gasteiger partial charge in [0.05, 0.1) is 9.82 Å². The number of rotatable bonds is 6. The molecule has 1 saturated heterocycles. The predicted octanol–water partition coefficient (Wildman–Crippen LogP) is 3.63. The van der Waals surface area contributed by atoms with Gasteiger partial charge in [-0.3, -0.25) is 10.1 Å². The largest absolute Gasteiger partial charge is 0.269 e. The first-order chi connectivity index (χ1) is 12.5. The number of hydrogen-bond donors (Lipinski definition) is 0. The van der Waals surface area contributed by atoms with E-state index >= 15 is 0 Å². The molecule has 0 amide bonds. The fraction of sp³-hybridized carbons (Fsp3) is 0.368. The van der Waals surface area contributed by atoms with Gasteiger partial charge in [0.2, 0.25) is 10.0 Å². The maximum Gasteiger partial charge on any atom is 0.269 e. The average Bonchev–Trinajstić information content (AvgIpc) is 2.67. The van der Waals surface area contributed by atoms with Gasteiger partial charge in [0.1, 0.15) is 0 Å². The van der Waals surface area contributed by atoms with E-state index in [9.17, 15) is 18.5 Å². The molecule has 1 heterocycles. The first-order valence-corrected chi connectivity index (χ1v) is 10.2. The number of nitro groups is 1. The van der Waals surface area contributed by atoms with Gasteiger partial charge in [-0.1, -0.05) is 30.3 Å². The fourth-order valence-electron chi connectivity index (χ4n) is 3.34. The molecule has 138 valence electrons. The molecule has 0 radical (unpaired) electrons. The second kappa shape index (κ2) is 7.97. The summed E-state index contributed by atoms with van der Waals surface area (Å²) in [4.78, 5) is 10.3. The molecule has 26 heavy (non-hydrogen) atoms. The molecule has 0 N–H and O–H groups in total. The van der Waals surface area contributed by atoms with Gasteiger partial charge >= 0.3 is 0 Å². The Morgan fingerprint density at radius 1 is 1.00 bits per heavy atom. The highest BCUT2D eigenvalue weighted by Gasteiger charge is 2.29. The molecule has 0 aromatic heterocycles. The fourth-order valence-corrected chi connectivity index (χ4v) is 4.81. The first kappa shape index (κ1) is 18.5. The van der Waals surface area contributed by atoms with Crippen LogP contribution in [-0.2, 0) is 16.4 Å². The van der Waals surface area contributed by atoms with Crippen molar-refractivity contribution in [2.45, 2.75) is 30.6 Å². The van der Waals surface area contributed by atoms with Crippen LogP contribution in [0.25, 0.3) is 0 Å². The van der Waals surface area contributed by atoms with Crippen molar-refractivity contribution in [2.24, 2.45) is 5.92 Å². The summed E-state index contributed by atoms with van der Waals surface area (Å²) in [5.41, 5.74) is 1.21. The first-order valence-electron chi connectivity index (χ1n) is 8.75. The van der Waals surface area contributed by atoms with E-state index in [1.807, 2.05) is 18.2 Å². The molecular weight excluding hydrogens is 352 g/mol. The van der Waals surface area contributed by atoms with Gasteiger partial charge in [0.15, 0.2) is 0 Å². The number of sulfonamides is 1. The summed E-state index contributed by atoms with van der Waals surface area (Å²) in [5, 5.41) is 10.7. The summed E-state index contributed by atoms with van der Waals surface area (Å²) < 4.78 is 26.9. The van der Waals surface area contributed by atoms with Crippen LogP contribution < -0.4 is 0 Å². The number of non-ortho nitro benzene ring substituents is 1. The van der Waals surface area contributed by atoms with Crippen LogP contribution >= 0.6 is 0 Å². The van der Waals surface area contributed by atoms with Crippen molar-refractivity contribution < 1.29 is 13.3 Å². The zero-order chi connectivity index (χ0) is 18.6. The van der Waals surface area contributed by atoms with Crippen molar-refractivity contribution in [1.29, 1.82) is 0 Å². The highest BCUT2D eigenvalue weighted by molar-refractivity contribution is 7.89.